The molecule has 0 bridgehead atoms. The summed E-state index contributed by atoms with van der Waals surface area (Å²) in [5.41, 5.74) is 1.36. The Labute approximate surface area is 80.7 Å². The van der Waals surface area contributed by atoms with Gasteiger partial charge in [-0.2, -0.15) is 11.1 Å². The monoisotopic (exact) mass is 199 g/mol. The minimum Gasteiger partial charge on any atom is -0.313 e. The maximum Gasteiger partial charge on any atom is 0.156 e. The van der Waals surface area contributed by atoms with Gasteiger partial charge in [-0.25, -0.2) is 0 Å². The molecule has 0 amide bonds. The summed E-state index contributed by atoms with van der Waals surface area (Å²) in [5.74, 6) is 0. The molecule has 1 N–H and O–H groups in total. The Bertz CT molecular complexity index is 240. The molecule has 0 unspecified atom stereocenters. The van der Waals surface area contributed by atoms with E-state index in [4.69, 9.17) is 11.1 Å². The fourth-order valence-electron chi connectivity index (χ4n) is 1.12. The zero-order valence-electron chi connectivity index (χ0n) is 7.31. The molecular weight excluding hydrogens is 186 g/mol. The standard InChI is InChI=1S/C9H14ClNSi/c1-2-11-7-8-5-3-4-6-9(8)12-10/h3-6,11H,2,7,12H2,1H3. The lowest BCUT2D eigenvalue weighted by atomic mass is 10.2. The van der Waals surface area contributed by atoms with Gasteiger partial charge in [-0.05, 0) is 17.3 Å². The van der Waals surface area contributed by atoms with Gasteiger partial charge in [-0.1, -0.05) is 31.2 Å². The van der Waals surface area contributed by atoms with Crippen LogP contribution in [0, 0.1) is 0 Å². The van der Waals surface area contributed by atoms with E-state index in [-0.39, 0.29) is 0 Å². The summed E-state index contributed by atoms with van der Waals surface area (Å²) < 4.78 is 0. The maximum atomic E-state index is 5.92. The predicted octanol–water partition coefficient (Wildman–Crippen LogP) is 0.744. The number of nitrogens with one attached hydrogen (secondary N) is 1. The van der Waals surface area contributed by atoms with Gasteiger partial charge in [0.25, 0.3) is 0 Å². The molecular formula is C9H14ClNSi. The average molecular weight is 200 g/mol. The van der Waals surface area contributed by atoms with Crippen molar-refractivity contribution in [2.75, 3.05) is 6.54 Å². The van der Waals surface area contributed by atoms with Crippen LogP contribution in [0.5, 0.6) is 0 Å². The Kier molecular flexibility index (Phi) is 4.36. The number of benzene rings is 1. The van der Waals surface area contributed by atoms with Gasteiger partial charge in [-0.3, -0.25) is 0 Å². The van der Waals surface area contributed by atoms with Crippen molar-refractivity contribution in [1.29, 1.82) is 0 Å². The van der Waals surface area contributed by atoms with Crippen LogP contribution >= 0.6 is 11.1 Å². The minimum atomic E-state index is -0.533. The third-order valence-electron chi connectivity index (χ3n) is 1.83. The van der Waals surface area contributed by atoms with Gasteiger partial charge in [-0.15, -0.1) is 0 Å². The minimum absolute atomic E-state index is 0.533. The molecule has 1 rings (SSSR count). The molecule has 3 heteroatoms. The molecule has 0 aliphatic carbocycles. The number of hydrogen-bond acceptors (Lipinski definition) is 1. The summed E-state index contributed by atoms with van der Waals surface area (Å²) in [4.78, 5) is 0. The van der Waals surface area contributed by atoms with Crippen LogP contribution in [0.1, 0.15) is 12.5 Å². The van der Waals surface area contributed by atoms with E-state index in [2.05, 4.69) is 36.5 Å². The summed E-state index contributed by atoms with van der Waals surface area (Å²) in [7, 11) is -0.533. The van der Waals surface area contributed by atoms with Crippen LogP contribution in [0.2, 0.25) is 0 Å². The largest absolute Gasteiger partial charge is 0.313 e. The summed E-state index contributed by atoms with van der Waals surface area (Å²) in [6.45, 7) is 4.07. The molecule has 66 valence electrons. The second kappa shape index (κ2) is 5.35. The lowest BCUT2D eigenvalue weighted by Gasteiger charge is -2.06. The van der Waals surface area contributed by atoms with Crippen LogP contribution in [0.3, 0.4) is 0 Å². The SMILES string of the molecule is CCNCc1ccccc1[SiH2]Cl. The van der Waals surface area contributed by atoms with Crippen LogP contribution in [-0.2, 0) is 6.54 Å². The van der Waals surface area contributed by atoms with Crippen LogP contribution in [-0.4, -0.2) is 15.4 Å². The van der Waals surface area contributed by atoms with E-state index >= 15 is 0 Å². The lowest BCUT2D eigenvalue weighted by Crippen LogP contribution is -2.21. The Morgan fingerprint density at radius 2 is 2.17 bits per heavy atom. The summed E-state index contributed by atoms with van der Waals surface area (Å²) in [5, 5.41) is 4.66. The molecule has 1 aromatic rings. The van der Waals surface area contributed by atoms with Crippen molar-refractivity contribution in [2.45, 2.75) is 13.5 Å². The molecule has 0 aromatic heterocycles. The highest BCUT2D eigenvalue weighted by atomic mass is 35.6. The van der Waals surface area contributed by atoms with Gasteiger partial charge in [0, 0.05) is 6.54 Å². The Morgan fingerprint density at radius 1 is 1.42 bits per heavy atom. The van der Waals surface area contributed by atoms with Crippen molar-refractivity contribution >= 4 is 25.1 Å². The first-order valence-electron chi connectivity index (χ1n) is 4.22. The zero-order chi connectivity index (χ0) is 8.81. The number of halogens is 1. The predicted molar refractivity (Wildman–Crippen MR) is 57.9 cm³/mol. The van der Waals surface area contributed by atoms with Crippen molar-refractivity contribution in [3.63, 3.8) is 0 Å². The highest BCUT2D eigenvalue weighted by Gasteiger charge is 1.98. The zero-order valence-corrected chi connectivity index (χ0v) is 9.48. The third-order valence-corrected chi connectivity index (χ3v) is 3.67. The van der Waals surface area contributed by atoms with Gasteiger partial charge in [0.1, 0.15) is 0 Å². The summed E-state index contributed by atoms with van der Waals surface area (Å²) in [6.07, 6.45) is 0. The average Bonchev–Trinajstić information content (AvgIpc) is 2.15. The molecule has 0 fully saturated rings. The molecule has 0 radical (unpaired) electrons. The van der Waals surface area contributed by atoms with E-state index in [1.807, 2.05) is 0 Å². The number of hydrogen-bond donors (Lipinski definition) is 1. The molecule has 0 saturated carbocycles. The first-order valence-corrected chi connectivity index (χ1v) is 7.06. The molecule has 0 saturated heterocycles. The van der Waals surface area contributed by atoms with E-state index in [9.17, 15) is 0 Å². The fourth-order valence-corrected chi connectivity index (χ4v) is 2.54. The molecule has 1 nitrogen and oxygen atoms in total. The van der Waals surface area contributed by atoms with Gasteiger partial charge in [0.2, 0.25) is 0 Å². The second-order valence-electron chi connectivity index (χ2n) is 2.68. The molecule has 0 aliphatic heterocycles. The molecule has 0 spiro atoms. The van der Waals surface area contributed by atoms with Gasteiger partial charge in [0.05, 0.1) is 0 Å². The van der Waals surface area contributed by atoms with E-state index in [1.54, 1.807) is 0 Å². The molecule has 1 aromatic carbocycles. The quantitative estimate of drug-likeness (QED) is 0.558. The summed E-state index contributed by atoms with van der Waals surface area (Å²) >= 11 is 5.92. The second-order valence-corrected chi connectivity index (χ2v) is 4.51. The Hall–Kier alpha value is -0.313. The topological polar surface area (TPSA) is 12.0 Å². The number of rotatable bonds is 4. The van der Waals surface area contributed by atoms with Crippen molar-refractivity contribution in [3.8, 4) is 0 Å². The van der Waals surface area contributed by atoms with Crippen LogP contribution in [0.4, 0.5) is 0 Å². The van der Waals surface area contributed by atoms with Crippen molar-refractivity contribution in [2.24, 2.45) is 0 Å². The normalized spacial score (nSPS) is 11.2. The van der Waals surface area contributed by atoms with E-state index in [0.717, 1.165) is 13.1 Å². The van der Waals surface area contributed by atoms with Crippen LogP contribution < -0.4 is 10.5 Å². The van der Waals surface area contributed by atoms with Crippen LogP contribution in [0.25, 0.3) is 0 Å². The lowest BCUT2D eigenvalue weighted by molar-refractivity contribution is 0.729. The third kappa shape index (κ3) is 2.63. The Balaban J connectivity index is 2.68. The fraction of sp³-hybridized carbons (Fsp3) is 0.333. The van der Waals surface area contributed by atoms with Crippen molar-refractivity contribution in [3.05, 3.63) is 29.8 Å². The first kappa shape index (κ1) is 9.77. The van der Waals surface area contributed by atoms with Crippen molar-refractivity contribution < 1.29 is 0 Å². The van der Waals surface area contributed by atoms with Gasteiger partial charge >= 0.3 is 0 Å². The smallest absolute Gasteiger partial charge is 0.156 e. The van der Waals surface area contributed by atoms with Gasteiger partial charge in [0.15, 0.2) is 8.83 Å². The molecule has 0 heterocycles. The highest BCUT2D eigenvalue weighted by Crippen LogP contribution is 1.95. The first-order chi connectivity index (χ1) is 5.88. The van der Waals surface area contributed by atoms with E-state index in [1.165, 1.54) is 10.8 Å². The van der Waals surface area contributed by atoms with Crippen molar-refractivity contribution in [1.82, 2.24) is 5.32 Å². The summed E-state index contributed by atoms with van der Waals surface area (Å²) in [6, 6.07) is 8.40. The maximum absolute atomic E-state index is 5.92. The molecule has 12 heavy (non-hydrogen) atoms. The molecule has 0 atom stereocenters. The van der Waals surface area contributed by atoms with E-state index < -0.39 is 8.83 Å². The van der Waals surface area contributed by atoms with Crippen LogP contribution in [0.15, 0.2) is 24.3 Å². The van der Waals surface area contributed by atoms with Gasteiger partial charge < -0.3 is 5.32 Å². The Morgan fingerprint density at radius 3 is 2.83 bits per heavy atom. The molecule has 0 aliphatic rings. The highest BCUT2D eigenvalue weighted by molar-refractivity contribution is 7.01. The van der Waals surface area contributed by atoms with E-state index in [0.29, 0.717) is 0 Å².